The van der Waals surface area contributed by atoms with Crippen LogP contribution in [0, 0.1) is 0 Å². The van der Waals surface area contributed by atoms with Crippen molar-refractivity contribution in [2.24, 2.45) is 0 Å². The molecule has 1 aliphatic carbocycles. The third-order valence-corrected chi connectivity index (χ3v) is 3.70. The van der Waals surface area contributed by atoms with Crippen LogP contribution >= 0.6 is 0 Å². The molecular weight excluding hydrogens is 230 g/mol. The molecule has 18 heavy (non-hydrogen) atoms. The Hall–Kier alpha value is -1.42. The van der Waals surface area contributed by atoms with Gasteiger partial charge in [0.25, 0.3) is 0 Å². The largest absolute Gasteiger partial charge is 0.504 e. The third-order valence-electron chi connectivity index (χ3n) is 3.70. The van der Waals surface area contributed by atoms with E-state index in [1.807, 2.05) is 13.1 Å². The number of methoxy groups -OCH3 is 2. The highest BCUT2D eigenvalue weighted by molar-refractivity contribution is 5.58. The topological polar surface area (TPSA) is 50.7 Å². The lowest BCUT2D eigenvalue weighted by Gasteiger charge is -2.18. The molecule has 4 heteroatoms. The van der Waals surface area contributed by atoms with Crippen molar-refractivity contribution in [3.63, 3.8) is 0 Å². The summed E-state index contributed by atoms with van der Waals surface area (Å²) >= 11 is 0. The first-order valence-electron chi connectivity index (χ1n) is 6.34. The molecule has 2 rings (SSSR count). The summed E-state index contributed by atoms with van der Waals surface area (Å²) in [5.41, 5.74) is 2.16. The second kappa shape index (κ2) is 5.48. The monoisotopic (exact) mass is 251 g/mol. The lowest BCUT2D eigenvalue weighted by molar-refractivity contribution is 0.330. The molecular formula is C14H21NO3. The van der Waals surface area contributed by atoms with Crippen molar-refractivity contribution in [1.82, 2.24) is 5.32 Å². The SMILES string of the molecule is CN[C@@H]1CCCc2cc(OC)c(OC)c(O)c2C1. The molecule has 0 amide bonds. The smallest absolute Gasteiger partial charge is 0.203 e. The summed E-state index contributed by atoms with van der Waals surface area (Å²) < 4.78 is 10.5. The Bertz CT molecular complexity index is 432. The summed E-state index contributed by atoms with van der Waals surface area (Å²) in [6.45, 7) is 0. The van der Waals surface area contributed by atoms with Crippen molar-refractivity contribution < 1.29 is 14.6 Å². The predicted octanol–water partition coefficient (Wildman–Crippen LogP) is 1.88. The zero-order valence-corrected chi connectivity index (χ0v) is 11.2. The average Bonchev–Trinajstić information content (AvgIpc) is 2.60. The molecule has 0 fully saturated rings. The second-order valence-corrected chi connectivity index (χ2v) is 4.68. The number of ether oxygens (including phenoxy) is 2. The molecule has 0 spiro atoms. The molecule has 1 aromatic carbocycles. The average molecular weight is 251 g/mol. The zero-order valence-electron chi connectivity index (χ0n) is 11.2. The van der Waals surface area contributed by atoms with Gasteiger partial charge in [-0.25, -0.2) is 0 Å². The van der Waals surface area contributed by atoms with Gasteiger partial charge in [0.05, 0.1) is 14.2 Å². The fourth-order valence-corrected chi connectivity index (χ4v) is 2.65. The summed E-state index contributed by atoms with van der Waals surface area (Å²) in [6.07, 6.45) is 4.04. The molecule has 100 valence electrons. The van der Waals surface area contributed by atoms with Gasteiger partial charge < -0.3 is 19.9 Å². The van der Waals surface area contributed by atoms with E-state index in [2.05, 4.69) is 5.32 Å². The van der Waals surface area contributed by atoms with Gasteiger partial charge in [0, 0.05) is 11.6 Å². The quantitative estimate of drug-likeness (QED) is 0.805. The van der Waals surface area contributed by atoms with Gasteiger partial charge in [0.15, 0.2) is 11.5 Å². The molecule has 0 saturated carbocycles. The maximum atomic E-state index is 10.4. The number of benzene rings is 1. The number of phenols is 1. The summed E-state index contributed by atoms with van der Waals surface area (Å²) in [5, 5.41) is 13.6. The molecule has 0 aliphatic heterocycles. The van der Waals surface area contributed by atoms with Gasteiger partial charge in [-0.2, -0.15) is 0 Å². The molecule has 0 radical (unpaired) electrons. The zero-order chi connectivity index (χ0) is 13.1. The van der Waals surface area contributed by atoms with Gasteiger partial charge in [0.2, 0.25) is 5.75 Å². The maximum absolute atomic E-state index is 10.4. The fourth-order valence-electron chi connectivity index (χ4n) is 2.65. The van der Waals surface area contributed by atoms with Crippen LogP contribution in [-0.4, -0.2) is 32.4 Å². The summed E-state index contributed by atoms with van der Waals surface area (Å²) in [5.74, 6) is 1.28. The Morgan fingerprint density at radius 2 is 2.11 bits per heavy atom. The van der Waals surface area contributed by atoms with Crippen molar-refractivity contribution in [3.8, 4) is 17.2 Å². The third kappa shape index (κ3) is 2.25. The number of hydrogen-bond acceptors (Lipinski definition) is 4. The Morgan fingerprint density at radius 3 is 2.72 bits per heavy atom. The molecule has 2 N–H and O–H groups in total. The number of aryl methyl sites for hydroxylation is 1. The Kier molecular flexibility index (Phi) is 3.97. The maximum Gasteiger partial charge on any atom is 0.203 e. The minimum Gasteiger partial charge on any atom is -0.504 e. The van der Waals surface area contributed by atoms with Crippen molar-refractivity contribution in [1.29, 1.82) is 0 Å². The molecule has 0 heterocycles. The van der Waals surface area contributed by atoms with Crippen LogP contribution in [0.1, 0.15) is 24.0 Å². The minimum absolute atomic E-state index is 0.231. The molecule has 0 bridgehead atoms. The molecule has 0 unspecified atom stereocenters. The number of hydrogen-bond donors (Lipinski definition) is 2. The van der Waals surface area contributed by atoms with E-state index in [1.54, 1.807) is 14.2 Å². The normalized spacial score (nSPS) is 18.9. The van der Waals surface area contributed by atoms with Gasteiger partial charge in [-0.15, -0.1) is 0 Å². The van der Waals surface area contributed by atoms with Gasteiger partial charge in [-0.3, -0.25) is 0 Å². The first kappa shape index (κ1) is 13.0. The molecule has 1 aliphatic rings. The van der Waals surface area contributed by atoms with E-state index >= 15 is 0 Å². The summed E-state index contributed by atoms with van der Waals surface area (Å²) in [7, 11) is 5.11. The van der Waals surface area contributed by atoms with E-state index in [9.17, 15) is 5.11 Å². The Labute approximate surface area is 108 Å². The number of likely N-dealkylation sites (N-methyl/N-ethyl adjacent to an activating group) is 1. The van der Waals surface area contributed by atoms with Crippen LogP contribution in [0.5, 0.6) is 17.2 Å². The molecule has 1 aromatic rings. The van der Waals surface area contributed by atoms with Crippen molar-refractivity contribution in [2.75, 3.05) is 21.3 Å². The number of rotatable bonds is 3. The van der Waals surface area contributed by atoms with E-state index in [0.29, 0.717) is 17.5 Å². The lowest BCUT2D eigenvalue weighted by Crippen LogP contribution is -2.26. The van der Waals surface area contributed by atoms with Crippen molar-refractivity contribution >= 4 is 0 Å². The van der Waals surface area contributed by atoms with E-state index in [0.717, 1.165) is 31.2 Å². The van der Waals surface area contributed by atoms with E-state index in [4.69, 9.17) is 9.47 Å². The number of fused-ring (bicyclic) bond motifs is 1. The van der Waals surface area contributed by atoms with Crippen LogP contribution in [-0.2, 0) is 12.8 Å². The van der Waals surface area contributed by atoms with Crippen molar-refractivity contribution in [3.05, 3.63) is 17.2 Å². The Balaban J connectivity index is 2.49. The standard InChI is InChI=1S/C14H21NO3/c1-15-10-6-4-5-9-7-12(17-2)14(18-3)13(16)11(9)8-10/h7,10,15-16H,4-6,8H2,1-3H3/t10-/m1/s1. The fraction of sp³-hybridized carbons (Fsp3) is 0.571. The Morgan fingerprint density at radius 1 is 1.33 bits per heavy atom. The molecule has 4 nitrogen and oxygen atoms in total. The highest BCUT2D eigenvalue weighted by Gasteiger charge is 2.23. The highest BCUT2D eigenvalue weighted by atomic mass is 16.5. The van der Waals surface area contributed by atoms with Crippen LogP contribution < -0.4 is 14.8 Å². The van der Waals surface area contributed by atoms with Gasteiger partial charge >= 0.3 is 0 Å². The van der Waals surface area contributed by atoms with Gasteiger partial charge in [-0.1, -0.05) is 0 Å². The van der Waals surface area contributed by atoms with Crippen molar-refractivity contribution in [2.45, 2.75) is 31.7 Å². The molecule has 1 atom stereocenters. The first-order valence-corrected chi connectivity index (χ1v) is 6.34. The van der Waals surface area contributed by atoms with Crippen LogP contribution in [0.25, 0.3) is 0 Å². The van der Waals surface area contributed by atoms with E-state index in [1.165, 1.54) is 5.56 Å². The lowest BCUT2D eigenvalue weighted by atomic mass is 9.99. The van der Waals surface area contributed by atoms with E-state index < -0.39 is 0 Å². The number of aromatic hydroxyl groups is 1. The van der Waals surface area contributed by atoms with Gasteiger partial charge in [-0.05, 0) is 44.4 Å². The summed E-state index contributed by atoms with van der Waals surface area (Å²) in [6, 6.07) is 2.40. The van der Waals surface area contributed by atoms with Crippen LogP contribution in [0.2, 0.25) is 0 Å². The minimum atomic E-state index is 0.231. The highest BCUT2D eigenvalue weighted by Crippen LogP contribution is 2.43. The number of phenolic OH excluding ortho intramolecular Hbond substituents is 1. The first-order chi connectivity index (χ1) is 8.71. The van der Waals surface area contributed by atoms with Crippen LogP contribution in [0.15, 0.2) is 6.07 Å². The van der Waals surface area contributed by atoms with Gasteiger partial charge in [0.1, 0.15) is 0 Å². The molecule has 0 saturated heterocycles. The molecule has 0 aromatic heterocycles. The number of nitrogens with one attached hydrogen (secondary N) is 1. The van der Waals surface area contributed by atoms with Crippen LogP contribution in [0.4, 0.5) is 0 Å². The van der Waals surface area contributed by atoms with Crippen LogP contribution in [0.3, 0.4) is 0 Å². The van der Waals surface area contributed by atoms with E-state index in [-0.39, 0.29) is 5.75 Å². The summed E-state index contributed by atoms with van der Waals surface area (Å²) in [4.78, 5) is 0. The predicted molar refractivity (Wildman–Crippen MR) is 70.7 cm³/mol. The second-order valence-electron chi connectivity index (χ2n) is 4.68.